The average Bonchev–Trinajstić information content (AvgIpc) is 2.60. The lowest BCUT2D eigenvalue weighted by atomic mass is 10.3. The topological polar surface area (TPSA) is 43.6 Å². The molecule has 0 unspecified atom stereocenters. The highest BCUT2D eigenvalue weighted by molar-refractivity contribution is 5.12. The first-order chi connectivity index (χ1) is 7.38. The van der Waals surface area contributed by atoms with E-state index >= 15 is 0 Å². The maximum Gasteiger partial charge on any atom is 0.129 e. The molecule has 2 rings (SSSR count). The van der Waals surface area contributed by atoms with E-state index in [1.807, 2.05) is 6.07 Å². The lowest BCUT2D eigenvalue weighted by Crippen LogP contribution is -2.35. The predicted octanol–water partition coefficient (Wildman–Crippen LogP) is 1.30. The van der Waals surface area contributed by atoms with Crippen LogP contribution in [-0.2, 0) is 22.6 Å². The van der Waals surface area contributed by atoms with Gasteiger partial charge in [-0.2, -0.15) is 0 Å². The van der Waals surface area contributed by atoms with Gasteiger partial charge in [0.1, 0.15) is 18.5 Å². The lowest BCUT2D eigenvalue weighted by Gasteiger charge is -2.25. The Morgan fingerprint density at radius 2 is 2.40 bits per heavy atom. The Hall–Kier alpha value is -0.840. The lowest BCUT2D eigenvalue weighted by molar-refractivity contribution is -0.137. The summed E-state index contributed by atoms with van der Waals surface area (Å²) in [5.74, 6) is 0.884. The van der Waals surface area contributed by atoms with Crippen molar-refractivity contribution in [3.63, 3.8) is 0 Å². The molecule has 1 N–H and O–H groups in total. The van der Waals surface area contributed by atoms with Crippen LogP contribution < -0.4 is 5.32 Å². The summed E-state index contributed by atoms with van der Waals surface area (Å²) >= 11 is 0. The molecule has 2 heterocycles. The van der Waals surface area contributed by atoms with Gasteiger partial charge in [-0.3, -0.25) is 0 Å². The van der Waals surface area contributed by atoms with Crippen LogP contribution in [0.15, 0.2) is 16.7 Å². The molecular weight excluding hydrogens is 194 g/mol. The second kappa shape index (κ2) is 5.30. The van der Waals surface area contributed by atoms with Crippen molar-refractivity contribution in [1.29, 1.82) is 0 Å². The third-order valence-electron chi connectivity index (χ3n) is 2.36. The van der Waals surface area contributed by atoms with Crippen LogP contribution >= 0.6 is 0 Å². The number of hydrogen-bond acceptors (Lipinski definition) is 4. The van der Waals surface area contributed by atoms with Crippen molar-refractivity contribution in [3.8, 4) is 0 Å². The van der Waals surface area contributed by atoms with E-state index in [-0.39, 0.29) is 6.10 Å². The van der Waals surface area contributed by atoms with Gasteiger partial charge in [0.05, 0.1) is 19.5 Å². The first-order valence-electron chi connectivity index (χ1n) is 5.35. The number of ether oxygens (including phenoxy) is 2. The molecule has 0 bridgehead atoms. The van der Waals surface area contributed by atoms with E-state index in [0.29, 0.717) is 19.8 Å². The largest absolute Gasteiger partial charge is 0.467 e. The Morgan fingerprint density at radius 1 is 1.53 bits per heavy atom. The van der Waals surface area contributed by atoms with Gasteiger partial charge in [-0.05, 0) is 12.6 Å². The van der Waals surface area contributed by atoms with Crippen LogP contribution in [0.25, 0.3) is 0 Å². The number of furan rings is 1. The fourth-order valence-corrected chi connectivity index (χ4v) is 1.37. The summed E-state index contributed by atoms with van der Waals surface area (Å²) in [7, 11) is 0. The van der Waals surface area contributed by atoms with E-state index in [0.717, 1.165) is 18.8 Å². The summed E-state index contributed by atoms with van der Waals surface area (Å²) in [5.41, 5.74) is 1.17. The maximum atomic E-state index is 5.54. The molecule has 0 aromatic carbocycles. The number of nitrogens with one attached hydrogen (secondary N) is 1. The zero-order chi connectivity index (χ0) is 10.5. The van der Waals surface area contributed by atoms with Gasteiger partial charge in [0.2, 0.25) is 0 Å². The summed E-state index contributed by atoms with van der Waals surface area (Å²) < 4.78 is 15.9. The highest BCUT2D eigenvalue weighted by Crippen LogP contribution is 2.12. The van der Waals surface area contributed by atoms with Gasteiger partial charge in [-0.1, -0.05) is 6.92 Å². The van der Waals surface area contributed by atoms with Gasteiger partial charge in [0, 0.05) is 12.1 Å². The molecular formula is C11H17NO3. The molecule has 1 saturated heterocycles. The molecule has 1 aromatic heterocycles. The molecule has 0 saturated carbocycles. The number of rotatable bonds is 6. The minimum atomic E-state index is 0.257. The average molecular weight is 211 g/mol. The Balaban J connectivity index is 1.73. The van der Waals surface area contributed by atoms with Crippen molar-refractivity contribution < 1.29 is 13.9 Å². The van der Waals surface area contributed by atoms with Crippen LogP contribution in [-0.4, -0.2) is 25.9 Å². The zero-order valence-electron chi connectivity index (χ0n) is 8.99. The fourth-order valence-electron chi connectivity index (χ4n) is 1.37. The van der Waals surface area contributed by atoms with Crippen LogP contribution in [0.1, 0.15) is 18.2 Å². The molecule has 1 aromatic rings. The molecule has 0 amide bonds. The third kappa shape index (κ3) is 3.06. The first kappa shape index (κ1) is 10.7. The predicted molar refractivity (Wildman–Crippen MR) is 55.5 cm³/mol. The van der Waals surface area contributed by atoms with Gasteiger partial charge < -0.3 is 19.2 Å². The standard InChI is InChI=1S/C11H17NO3/c1-2-12-4-9-3-10(14-5-9)8-15-11-6-13-7-11/h3,5,11-12H,2,4,6-8H2,1H3. The van der Waals surface area contributed by atoms with Crippen molar-refractivity contribution >= 4 is 0 Å². The van der Waals surface area contributed by atoms with E-state index in [1.165, 1.54) is 5.56 Å². The molecule has 1 aliphatic heterocycles. The van der Waals surface area contributed by atoms with Gasteiger partial charge in [0.15, 0.2) is 0 Å². The molecule has 0 aliphatic carbocycles. The van der Waals surface area contributed by atoms with Gasteiger partial charge in [0.25, 0.3) is 0 Å². The Labute approximate surface area is 89.6 Å². The minimum absolute atomic E-state index is 0.257. The highest BCUT2D eigenvalue weighted by Gasteiger charge is 2.19. The first-order valence-corrected chi connectivity index (χ1v) is 5.35. The zero-order valence-corrected chi connectivity index (χ0v) is 8.99. The maximum absolute atomic E-state index is 5.54. The summed E-state index contributed by atoms with van der Waals surface area (Å²) in [6.07, 6.45) is 2.03. The van der Waals surface area contributed by atoms with Gasteiger partial charge >= 0.3 is 0 Å². The number of hydrogen-bond donors (Lipinski definition) is 1. The van der Waals surface area contributed by atoms with E-state index < -0.39 is 0 Å². The molecule has 15 heavy (non-hydrogen) atoms. The highest BCUT2D eigenvalue weighted by atomic mass is 16.6. The molecule has 0 atom stereocenters. The van der Waals surface area contributed by atoms with Crippen LogP contribution in [0, 0.1) is 0 Å². The van der Waals surface area contributed by atoms with Crippen LogP contribution in [0.5, 0.6) is 0 Å². The molecule has 0 spiro atoms. The van der Waals surface area contributed by atoms with Crippen LogP contribution in [0.2, 0.25) is 0 Å². The summed E-state index contributed by atoms with van der Waals surface area (Å²) in [6.45, 7) is 5.87. The molecule has 0 radical (unpaired) electrons. The molecule has 4 nitrogen and oxygen atoms in total. The summed E-state index contributed by atoms with van der Waals surface area (Å²) in [5, 5.41) is 3.24. The van der Waals surface area contributed by atoms with Crippen molar-refractivity contribution in [2.75, 3.05) is 19.8 Å². The van der Waals surface area contributed by atoms with Crippen molar-refractivity contribution in [2.24, 2.45) is 0 Å². The molecule has 1 fully saturated rings. The molecule has 84 valence electrons. The second-order valence-corrected chi connectivity index (χ2v) is 3.67. The Kier molecular flexibility index (Phi) is 3.77. The summed E-state index contributed by atoms with van der Waals surface area (Å²) in [6, 6.07) is 2.03. The second-order valence-electron chi connectivity index (χ2n) is 3.67. The summed E-state index contributed by atoms with van der Waals surface area (Å²) in [4.78, 5) is 0. The van der Waals surface area contributed by atoms with E-state index in [4.69, 9.17) is 13.9 Å². The van der Waals surface area contributed by atoms with E-state index in [2.05, 4.69) is 12.2 Å². The smallest absolute Gasteiger partial charge is 0.129 e. The third-order valence-corrected chi connectivity index (χ3v) is 2.36. The van der Waals surface area contributed by atoms with Gasteiger partial charge in [-0.15, -0.1) is 0 Å². The van der Waals surface area contributed by atoms with Crippen molar-refractivity contribution in [1.82, 2.24) is 5.32 Å². The molecule has 1 aliphatic rings. The Bertz CT molecular complexity index is 294. The van der Waals surface area contributed by atoms with Crippen LogP contribution in [0.3, 0.4) is 0 Å². The molecule has 4 heteroatoms. The van der Waals surface area contributed by atoms with E-state index in [9.17, 15) is 0 Å². The fraction of sp³-hybridized carbons (Fsp3) is 0.636. The van der Waals surface area contributed by atoms with Crippen LogP contribution in [0.4, 0.5) is 0 Å². The quantitative estimate of drug-likeness (QED) is 0.770. The monoisotopic (exact) mass is 211 g/mol. The SMILES string of the molecule is CCNCc1coc(COC2COC2)c1. The van der Waals surface area contributed by atoms with E-state index in [1.54, 1.807) is 6.26 Å². The minimum Gasteiger partial charge on any atom is -0.467 e. The van der Waals surface area contributed by atoms with Crippen molar-refractivity contribution in [2.45, 2.75) is 26.2 Å². The normalized spacial score (nSPS) is 16.6. The van der Waals surface area contributed by atoms with Crippen molar-refractivity contribution in [3.05, 3.63) is 23.7 Å². The van der Waals surface area contributed by atoms with Gasteiger partial charge in [-0.25, -0.2) is 0 Å². The Morgan fingerprint density at radius 3 is 3.07 bits per heavy atom.